The maximum atomic E-state index is 12.3. The third-order valence-corrected chi connectivity index (χ3v) is 3.64. The predicted molar refractivity (Wildman–Crippen MR) is 82.7 cm³/mol. The lowest BCUT2D eigenvalue weighted by molar-refractivity contribution is 0.0686. The summed E-state index contributed by atoms with van der Waals surface area (Å²) in [5.74, 6) is -1.08. The Bertz CT molecular complexity index is 987. The highest BCUT2D eigenvalue weighted by molar-refractivity contribution is 5.89. The van der Waals surface area contributed by atoms with Crippen molar-refractivity contribution in [1.82, 2.24) is 19.1 Å². The van der Waals surface area contributed by atoms with Gasteiger partial charge in [-0.25, -0.2) is 14.8 Å². The van der Waals surface area contributed by atoms with E-state index >= 15 is 0 Å². The van der Waals surface area contributed by atoms with Crippen molar-refractivity contribution in [2.75, 3.05) is 7.11 Å². The molecule has 0 aliphatic rings. The minimum absolute atomic E-state index is 0.159. The summed E-state index contributed by atoms with van der Waals surface area (Å²) >= 11 is 0. The number of ether oxygens (including phenoxy) is 1. The summed E-state index contributed by atoms with van der Waals surface area (Å²) in [4.78, 5) is 32.2. The Hall–Kier alpha value is -3.16. The summed E-state index contributed by atoms with van der Waals surface area (Å²) in [5, 5.41) is 9.27. The molecule has 0 spiro atoms. The van der Waals surface area contributed by atoms with E-state index in [4.69, 9.17) is 4.74 Å². The van der Waals surface area contributed by atoms with Gasteiger partial charge in [0.1, 0.15) is 0 Å². The van der Waals surface area contributed by atoms with Crippen molar-refractivity contribution in [3.8, 4) is 17.4 Å². The topological polar surface area (TPSA) is 99.2 Å². The van der Waals surface area contributed by atoms with E-state index in [0.717, 1.165) is 11.0 Å². The average molecular weight is 314 g/mol. The van der Waals surface area contributed by atoms with Crippen LogP contribution in [0.1, 0.15) is 10.5 Å². The van der Waals surface area contributed by atoms with Crippen LogP contribution < -0.4 is 10.3 Å². The molecule has 8 nitrogen and oxygen atoms in total. The van der Waals surface area contributed by atoms with Crippen LogP contribution in [0.25, 0.3) is 22.7 Å². The first-order chi connectivity index (χ1) is 11.0. The standard InChI is InChI=1S/C15H14N4O4/c1-18-9-7-5-4-6-8(9)16-12(18)13-17-10(15(21)22)11(23-3)14(20)19(13)2/h4-7H,1-3H3,(H,21,22). The van der Waals surface area contributed by atoms with Crippen LogP contribution in [0.5, 0.6) is 5.75 Å². The lowest BCUT2D eigenvalue weighted by Gasteiger charge is -2.11. The Morgan fingerprint density at radius 2 is 1.78 bits per heavy atom. The second-order valence-corrected chi connectivity index (χ2v) is 4.97. The molecular formula is C15H14N4O4. The van der Waals surface area contributed by atoms with Gasteiger partial charge in [-0.15, -0.1) is 0 Å². The van der Waals surface area contributed by atoms with Gasteiger partial charge in [-0.3, -0.25) is 9.36 Å². The number of hydrogen-bond donors (Lipinski definition) is 1. The van der Waals surface area contributed by atoms with Crippen molar-refractivity contribution in [3.63, 3.8) is 0 Å². The number of carboxylic acid groups (broad SMARTS) is 1. The van der Waals surface area contributed by atoms with Crippen LogP contribution in [0.3, 0.4) is 0 Å². The molecule has 2 heterocycles. The average Bonchev–Trinajstić information content (AvgIpc) is 2.87. The molecule has 118 valence electrons. The molecule has 0 fully saturated rings. The zero-order valence-electron chi connectivity index (χ0n) is 12.8. The van der Waals surface area contributed by atoms with Crippen LogP contribution in [0.4, 0.5) is 0 Å². The van der Waals surface area contributed by atoms with Crippen LogP contribution >= 0.6 is 0 Å². The lowest BCUT2D eigenvalue weighted by Crippen LogP contribution is -2.26. The zero-order chi connectivity index (χ0) is 16.7. The number of imidazole rings is 1. The SMILES string of the molecule is COc1c(C(=O)O)nc(-c2nc3ccccc3n2C)n(C)c1=O. The van der Waals surface area contributed by atoms with E-state index in [0.29, 0.717) is 5.82 Å². The normalized spacial score (nSPS) is 10.9. The summed E-state index contributed by atoms with van der Waals surface area (Å²) < 4.78 is 7.88. The van der Waals surface area contributed by atoms with E-state index < -0.39 is 17.2 Å². The molecule has 0 unspecified atom stereocenters. The van der Waals surface area contributed by atoms with E-state index in [1.165, 1.54) is 18.7 Å². The van der Waals surface area contributed by atoms with Gasteiger partial charge in [0.05, 0.1) is 18.1 Å². The molecule has 0 radical (unpaired) electrons. The van der Waals surface area contributed by atoms with E-state index in [9.17, 15) is 14.7 Å². The number of para-hydroxylation sites is 2. The smallest absolute Gasteiger partial charge is 0.358 e. The first-order valence-corrected chi connectivity index (χ1v) is 6.75. The van der Waals surface area contributed by atoms with Crippen LogP contribution in [-0.2, 0) is 14.1 Å². The van der Waals surface area contributed by atoms with Crippen LogP contribution in [0.2, 0.25) is 0 Å². The zero-order valence-corrected chi connectivity index (χ0v) is 12.8. The van der Waals surface area contributed by atoms with Gasteiger partial charge in [-0.1, -0.05) is 12.1 Å². The van der Waals surface area contributed by atoms with Gasteiger partial charge in [0.25, 0.3) is 5.56 Å². The van der Waals surface area contributed by atoms with Gasteiger partial charge in [0, 0.05) is 14.1 Å². The van der Waals surface area contributed by atoms with E-state index in [2.05, 4.69) is 9.97 Å². The largest absolute Gasteiger partial charge is 0.489 e. The first-order valence-electron chi connectivity index (χ1n) is 6.75. The number of benzene rings is 1. The van der Waals surface area contributed by atoms with Gasteiger partial charge < -0.3 is 14.4 Å². The second-order valence-electron chi connectivity index (χ2n) is 4.97. The molecule has 0 saturated carbocycles. The number of carboxylic acids is 1. The quantitative estimate of drug-likeness (QED) is 0.775. The highest BCUT2D eigenvalue weighted by atomic mass is 16.5. The molecule has 8 heteroatoms. The van der Waals surface area contributed by atoms with Crippen molar-refractivity contribution in [3.05, 3.63) is 40.3 Å². The Labute approximate surface area is 130 Å². The monoisotopic (exact) mass is 314 g/mol. The van der Waals surface area contributed by atoms with Crippen LogP contribution in [0.15, 0.2) is 29.1 Å². The molecule has 1 aromatic carbocycles. The molecule has 3 aromatic rings. The van der Waals surface area contributed by atoms with Gasteiger partial charge in [-0.05, 0) is 12.1 Å². The molecule has 1 N–H and O–H groups in total. The van der Waals surface area contributed by atoms with Crippen molar-refractivity contribution in [2.45, 2.75) is 0 Å². The summed E-state index contributed by atoms with van der Waals surface area (Å²) in [6.45, 7) is 0. The number of fused-ring (bicyclic) bond motifs is 1. The highest BCUT2D eigenvalue weighted by Crippen LogP contribution is 2.23. The fraction of sp³-hybridized carbons (Fsp3) is 0.200. The number of aromatic nitrogens is 4. The summed E-state index contributed by atoms with van der Waals surface area (Å²) in [7, 11) is 4.51. The van der Waals surface area contributed by atoms with Crippen molar-refractivity contribution in [1.29, 1.82) is 0 Å². The van der Waals surface area contributed by atoms with Crippen molar-refractivity contribution < 1.29 is 14.6 Å². The molecule has 0 aliphatic carbocycles. The molecule has 23 heavy (non-hydrogen) atoms. The number of rotatable bonds is 3. The van der Waals surface area contributed by atoms with E-state index in [1.54, 1.807) is 11.6 Å². The molecule has 0 aliphatic heterocycles. The molecule has 0 bridgehead atoms. The number of aromatic carboxylic acids is 1. The summed E-state index contributed by atoms with van der Waals surface area (Å²) in [6.07, 6.45) is 0. The molecule has 2 aromatic heterocycles. The Morgan fingerprint density at radius 1 is 1.13 bits per heavy atom. The van der Waals surface area contributed by atoms with E-state index in [1.807, 2.05) is 24.3 Å². The van der Waals surface area contributed by atoms with Crippen molar-refractivity contribution in [2.24, 2.45) is 14.1 Å². The first kappa shape index (κ1) is 14.8. The van der Waals surface area contributed by atoms with Gasteiger partial charge in [0.2, 0.25) is 5.75 Å². The highest BCUT2D eigenvalue weighted by Gasteiger charge is 2.23. The molecule has 0 saturated heterocycles. The number of hydrogen-bond acceptors (Lipinski definition) is 5. The molecule has 0 amide bonds. The van der Waals surface area contributed by atoms with Crippen molar-refractivity contribution >= 4 is 17.0 Å². The molecular weight excluding hydrogens is 300 g/mol. The van der Waals surface area contributed by atoms with Crippen LogP contribution in [0, 0.1) is 0 Å². The predicted octanol–water partition coefficient (Wildman–Crippen LogP) is 1.04. The lowest BCUT2D eigenvalue weighted by atomic mass is 10.3. The summed E-state index contributed by atoms with van der Waals surface area (Å²) in [6, 6.07) is 7.43. The Balaban J connectivity index is 2.37. The molecule has 0 atom stereocenters. The third kappa shape index (κ3) is 2.15. The van der Waals surface area contributed by atoms with E-state index in [-0.39, 0.29) is 11.6 Å². The van der Waals surface area contributed by atoms with Gasteiger partial charge >= 0.3 is 5.97 Å². The fourth-order valence-electron chi connectivity index (χ4n) is 2.46. The fourth-order valence-corrected chi connectivity index (χ4v) is 2.46. The number of carbonyl (C=O) groups is 1. The third-order valence-electron chi connectivity index (χ3n) is 3.64. The van der Waals surface area contributed by atoms with Gasteiger partial charge in [0.15, 0.2) is 17.3 Å². The second kappa shape index (κ2) is 5.24. The number of nitrogens with zero attached hydrogens (tertiary/aromatic N) is 4. The number of methoxy groups -OCH3 is 1. The number of aryl methyl sites for hydroxylation is 1. The summed E-state index contributed by atoms with van der Waals surface area (Å²) in [5.41, 5.74) is 0.566. The minimum atomic E-state index is -1.33. The molecule has 3 rings (SSSR count). The van der Waals surface area contributed by atoms with Gasteiger partial charge in [-0.2, -0.15) is 0 Å². The van der Waals surface area contributed by atoms with Crippen LogP contribution in [-0.4, -0.2) is 37.3 Å². The maximum Gasteiger partial charge on any atom is 0.358 e. The Kier molecular flexibility index (Phi) is 3.36. The minimum Gasteiger partial charge on any atom is -0.489 e. The maximum absolute atomic E-state index is 12.3. The Morgan fingerprint density at radius 3 is 2.39 bits per heavy atom.